The van der Waals surface area contributed by atoms with Crippen molar-refractivity contribution in [1.29, 1.82) is 0 Å². The summed E-state index contributed by atoms with van der Waals surface area (Å²) in [6, 6.07) is 0. The molecule has 5 rings (SSSR count). The average molecular weight is 485 g/mol. The van der Waals surface area contributed by atoms with E-state index in [9.17, 15) is 9.90 Å². The Balaban J connectivity index is 1.59. The van der Waals surface area contributed by atoms with E-state index in [4.69, 9.17) is 0 Å². The molecule has 5 unspecified atom stereocenters. The molecular weight excluding hydrogens is 440 g/mol. The van der Waals surface area contributed by atoms with Crippen LogP contribution in [0.25, 0.3) is 0 Å². The fourth-order valence-electron chi connectivity index (χ4n) is 7.56. The molecule has 2 heteroatoms. The van der Waals surface area contributed by atoms with E-state index in [0.29, 0.717) is 46.7 Å². The second-order valence-electron chi connectivity index (χ2n) is 12.9. The van der Waals surface area contributed by atoms with Gasteiger partial charge in [-0.25, -0.2) is 0 Å². The lowest BCUT2D eigenvalue weighted by atomic mass is 9.72. The van der Waals surface area contributed by atoms with Gasteiger partial charge >= 0.3 is 0 Å². The SMILES string of the molecule is CC1=CC(C2=C(O)/C(=C3\C=C(C)C4CC(C(C)C)CCC(C)C34)C2=O)=C2C(C)=CCC(C(C)C)C=C12. The molecule has 5 aliphatic rings. The van der Waals surface area contributed by atoms with Crippen molar-refractivity contribution in [2.75, 3.05) is 0 Å². The molecule has 0 radical (unpaired) electrons. The van der Waals surface area contributed by atoms with Crippen LogP contribution in [0.5, 0.6) is 0 Å². The molecule has 0 bridgehead atoms. The lowest BCUT2D eigenvalue weighted by Crippen LogP contribution is -2.28. The maximum Gasteiger partial charge on any atom is 0.201 e. The summed E-state index contributed by atoms with van der Waals surface area (Å²) in [4.78, 5) is 13.8. The molecule has 0 saturated heterocycles. The quantitative estimate of drug-likeness (QED) is 0.406. The summed E-state index contributed by atoms with van der Waals surface area (Å²) in [6.07, 6.45) is 13.8. The van der Waals surface area contributed by atoms with E-state index in [1.807, 2.05) is 0 Å². The van der Waals surface area contributed by atoms with Gasteiger partial charge in [0.05, 0.1) is 11.1 Å². The molecule has 0 aliphatic heterocycles. The van der Waals surface area contributed by atoms with E-state index < -0.39 is 0 Å². The van der Waals surface area contributed by atoms with E-state index in [2.05, 4.69) is 79.7 Å². The summed E-state index contributed by atoms with van der Waals surface area (Å²) in [7, 11) is 0. The molecule has 1 saturated carbocycles. The fraction of sp³-hybridized carbons (Fsp3) is 0.559. The highest BCUT2D eigenvalue weighted by Gasteiger charge is 2.46. The van der Waals surface area contributed by atoms with Gasteiger partial charge in [0.1, 0.15) is 5.76 Å². The molecule has 192 valence electrons. The van der Waals surface area contributed by atoms with Gasteiger partial charge in [0.25, 0.3) is 0 Å². The highest BCUT2D eigenvalue weighted by Crippen LogP contribution is 2.54. The number of Topliss-reactive ketones (excluding diaryl/α,β-unsaturated/α-hetero) is 1. The fourth-order valence-corrected chi connectivity index (χ4v) is 7.56. The smallest absolute Gasteiger partial charge is 0.201 e. The topological polar surface area (TPSA) is 37.3 Å². The number of allylic oxidation sites excluding steroid dienone is 13. The van der Waals surface area contributed by atoms with Crippen molar-refractivity contribution in [3.63, 3.8) is 0 Å². The number of carbonyl (C=O) groups excluding carboxylic acids is 1. The maximum atomic E-state index is 13.8. The van der Waals surface area contributed by atoms with Crippen LogP contribution < -0.4 is 0 Å². The number of aliphatic hydroxyl groups is 1. The minimum absolute atomic E-state index is 0.0364. The monoisotopic (exact) mass is 484 g/mol. The molecule has 0 spiro atoms. The van der Waals surface area contributed by atoms with Crippen molar-refractivity contribution < 1.29 is 9.90 Å². The predicted molar refractivity (Wildman–Crippen MR) is 149 cm³/mol. The molecule has 0 aromatic rings. The molecule has 1 N–H and O–H groups in total. The summed E-state index contributed by atoms with van der Waals surface area (Å²) >= 11 is 0. The first kappa shape index (κ1) is 25.3. The Bertz CT molecular complexity index is 1220. The normalized spacial score (nSPS) is 34.7. The first-order chi connectivity index (χ1) is 17.0. The number of hydrogen-bond donors (Lipinski definition) is 1. The van der Waals surface area contributed by atoms with Gasteiger partial charge in [0.15, 0.2) is 0 Å². The summed E-state index contributed by atoms with van der Waals surface area (Å²) in [5, 5.41) is 11.5. The van der Waals surface area contributed by atoms with Crippen molar-refractivity contribution in [2.45, 2.75) is 81.1 Å². The highest BCUT2D eigenvalue weighted by molar-refractivity contribution is 6.23. The highest BCUT2D eigenvalue weighted by atomic mass is 16.3. The first-order valence-electron chi connectivity index (χ1n) is 14.2. The number of rotatable bonds is 3. The van der Waals surface area contributed by atoms with Crippen LogP contribution in [0.2, 0.25) is 0 Å². The Labute approximate surface area is 218 Å². The Morgan fingerprint density at radius 2 is 1.64 bits per heavy atom. The average Bonchev–Trinajstić information content (AvgIpc) is 3.11. The van der Waals surface area contributed by atoms with E-state index in [-0.39, 0.29) is 11.5 Å². The van der Waals surface area contributed by atoms with Crippen LogP contribution in [0.15, 0.2) is 80.2 Å². The minimum Gasteiger partial charge on any atom is -0.506 e. The first-order valence-corrected chi connectivity index (χ1v) is 14.2. The number of ketones is 1. The van der Waals surface area contributed by atoms with Crippen LogP contribution in [-0.4, -0.2) is 10.9 Å². The standard InChI is InChI=1S/C34H44O2/c1-17(2)23-11-9-19(5)29-25(15-23)21(7)13-27(29)31-33(35)32(34(31)36)28-14-22(8)26-16-24(18(3)4)12-10-20(6)30(26)28/h9,13-15,17-18,20,23-24,26,30,35H,10-12,16H2,1-8H3/b32-28-. The second-order valence-corrected chi connectivity index (χ2v) is 12.9. The van der Waals surface area contributed by atoms with Crippen molar-refractivity contribution in [1.82, 2.24) is 0 Å². The lowest BCUT2D eigenvalue weighted by Gasteiger charge is -2.31. The molecule has 5 atom stereocenters. The van der Waals surface area contributed by atoms with E-state index in [0.717, 1.165) is 29.1 Å². The van der Waals surface area contributed by atoms with E-state index in [1.54, 1.807) is 0 Å². The summed E-state index contributed by atoms with van der Waals surface area (Å²) in [5.74, 6) is 4.08. The molecule has 2 nitrogen and oxygen atoms in total. The van der Waals surface area contributed by atoms with Gasteiger partial charge in [-0.1, -0.05) is 58.4 Å². The number of fused-ring (bicyclic) bond motifs is 2. The van der Waals surface area contributed by atoms with Crippen molar-refractivity contribution in [3.8, 4) is 0 Å². The lowest BCUT2D eigenvalue weighted by molar-refractivity contribution is -0.113. The van der Waals surface area contributed by atoms with Crippen LogP contribution in [0.4, 0.5) is 0 Å². The van der Waals surface area contributed by atoms with Crippen LogP contribution >= 0.6 is 0 Å². The third-order valence-electron chi connectivity index (χ3n) is 10.0. The molecule has 0 aromatic carbocycles. The van der Waals surface area contributed by atoms with E-state index in [1.165, 1.54) is 41.6 Å². The zero-order valence-corrected chi connectivity index (χ0v) is 23.5. The van der Waals surface area contributed by atoms with Gasteiger partial charge in [0.2, 0.25) is 5.78 Å². The largest absolute Gasteiger partial charge is 0.506 e. The number of hydrogen-bond acceptors (Lipinski definition) is 2. The van der Waals surface area contributed by atoms with Crippen molar-refractivity contribution >= 4 is 5.78 Å². The van der Waals surface area contributed by atoms with Gasteiger partial charge in [0, 0.05) is 0 Å². The van der Waals surface area contributed by atoms with Crippen molar-refractivity contribution in [3.05, 3.63) is 80.2 Å². The third-order valence-corrected chi connectivity index (χ3v) is 10.0. The van der Waals surface area contributed by atoms with Gasteiger partial charge in [-0.15, -0.1) is 0 Å². The molecule has 0 aromatic heterocycles. The van der Waals surface area contributed by atoms with Crippen LogP contribution in [-0.2, 0) is 4.79 Å². The molecule has 36 heavy (non-hydrogen) atoms. The number of carbonyl (C=O) groups is 1. The molecule has 5 aliphatic carbocycles. The molecule has 0 amide bonds. The Morgan fingerprint density at radius 1 is 0.917 bits per heavy atom. The van der Waals surface area contributed by atoms with Crippen LogP contribution in [0.1, 0.15) is 81.1 Å². The molecule has 0 heterocycles. The van der Waals surface area contributed by atoms with E-state index >= 15 is 0 Å². The van der Waals surface area contributed by atoms with Gasteiger partial charge in [-0.05, 0) is 127 Å². The van der Waals surface area contributed by atoms with Gasteiger partial charge in [-0.2, -0.15) is 0 Å². The summed E-state index contributed by atoms with van der Waals surface area (Å²) in [5.41, 5.74) is 9.36. The maximum absolute atomic E-state index is 13.8. The Hall–Kier alpha value is -2.35. The summed E-state index contributed by atoms with van der Waals surface area (Å²) < 4.78 is 0. The Kier molecular flexibility index (Phi) is 6.46. The zero-order chi connectivity index (χ0) is 26.0. The Morgan fingerprint density at radius 3 is 2.28 bits per heavy atom. The summed E-state index contributed by atoms with van der Waals surface area (Å²) in [6.45, 7) is 18.1. The van der Waals surface area contributed by atoms with Crippen LogP contribution in [0.3, 0.4) is 0 Å². The molecular formula is C34H44O2. The molecule has 1 fully saturated rings. The minimum atomic E-state index is 0.0364. The second kappa shape index (κ2) is 9.19. The number of aliphatic hydroxyl groups excluding tert-OH is 1. The van der Waals surface area contributed by atoms with Crippen LogP contribution in [0, 0.1) is 41.4 Å². The third kappa shape index (κ3) is 3.87. The van der Waals surface area contributed by atoms with Crippen molar-refractivity contribution in [2.24, 2.45) is 41.4 Å². The zero-order valence-electron chi connectivity index (χ0n) is 23.5. The van der Waals surface area contributed by atoms with Gasteiger partial charge < -0.3 is 5.11 Å². The predicted octanol–water partition coefficient (Wildman–Crippen LogP) is 8.77. The van der Waals surface area contributed by atoms with Gasteiger partial charge in [-0.3, -0.25) is 4.79 Å².